The van der Waals surface area contributed by atoms with E-state index in [9.17, 15) is 4.79 Å². The molecule has 0 saturated carbocycles. The summed E-state index contributed by atoms with van der Waals surface area (Å²) in [6.45, 7) is 1.71. The quantitative estimate of drug-likeness (QED) is 0.500. The van der Waals surface area contributed by atoms with E-state index in [0.29, 0.717) is 6.54 Å². The van der Waals surface area contributed by atoms with Gasteiger partial charge < -0.3 is 10.1 Å². The Morgan fingerprint density at radius 3 is 3.15 bits per heavy atom. The molecule has 0 aromatic carbocycles. The van der Waals surface area contributed by atoms with Crippen LogP contribution < -0.4 is 5.32 Å². The van der Waals surface area contributed by atoms with Crippen molar-refractivity contribution < 1.29 is 9.53 Å². The van der Waals surface area contributed by atoms with Crippen molar-refractivity contribution in [3.05, 3.63) is 18.5 Å². The molecule has 0 aliphatic heterocycles. The molecule has 0 atom stereocenters. The lowest BCUT2D eigenvalue weighted by atomic mass is 10.5. The minimum atomic E-state index is -0.250. The summed E-state index contributed by atoms with van der Waals surface area (Å²) in [6.07, 6.45) is 3.60. The summed E-state index contributed by atoms with van der Waals surface area (Å²) in [5.41, 5.74) is 0. The summed E-state index contributed by atoms with van der Waals surface area (Å²) in [5.74, 6) is -0.250. The first-order valence-corrected chi connectivity index (χ1v) is 4.08. The molecule has 1 heterocycles. The van der Waals surface area contributed by atoms with E-state index in [1.807, 2.05) is 12.3 Å². The molecule has 5 nitrogen and oxygen atoms in total. The van der Waals surface area contributed by atoms with Crippen molar-refractivity contribution in [2.45, 2.75) is 6.54 Å². The normalized spacial score (nSPS) is 9.92. The van der Waals surface area contributed by atoms with Crippen molar-refractivity contribution in [2.24, 2.45) is 0 Å². The fourth-order valence-corrected chi connectivity index (χ4v) is 0.889. The van der Waals surface area contributed by atoms with E-state index in [1.165, 1.54) is 7.11 Å². The third-order valence-electron chi connectivity index (χ3n) is 1.57. The number of methoxy groups -OCH3 is 1. The first kappa shape index (κ1) is 9.73. The largest absolute Gasteiger partial charge is 0.468 e. The van der Waals surface area contributed by atoms with Gasteiger partial charge in [0.2, 0.25) is 0 Å². The average molecular weight is 183 g/mol. The van der Waals surface area contributed by atoms with Crippen LogP contribution >= 0.6 is 0 Å². The molecule has 0 aliphatic carbocycles. The second-order valence-electron chi connectivity index (χ2n) is 2.52. The van der Waals surface area contributed by atoms with E-state index in [4.69, 9.17) is 0 Å². The molecule has 1 aromatic heterocycles. The van der Waals surface area contributed by atoms with Crippen LogP contribution in [0.5, 0.6) is 0 Å². The maximum Gasteiger partial charge on any atom is 0.319 e. The highest BCUT2D eigenvalue weighted by molar-refractivity contribution is 5.71. The third kappa shape index (κ3) is 3.71. The molecule has 0 spiro atoms. The molecule has 0 aliphatic rings. The van der Waals surface area contributed by atoms with Gasteiger partial charge in [0.25, 0.3) is 0 Å². The molecule has 13 heavy (non-hydrogen) atoms. The standard InChI is InChI=1S/C8H13N3O2/c1-13-8(12)7-9-4-6-11-5-2-3-10-11/h2-3,5,9H,4,6-7H2,1H3. The highest BCUT2D eigenvalue weighted by Gasteiger charge is 1.97. The van der Waals surface area contributed by atoms with Crippen LogP contribution in [0.15, 0.2) is 18.5 Å². The molecular weight excluding hydrogens is 170 g/mol. The van der Waals surface area contributed by atoms with Gasteiger partial charge in [0.1, 0.15) is 0 Å². The molecular formula is C8H13N3O2. The van der Waals surface area contributed by atoms with Gasteiger partial charge in [0.05, 0.1) is 20.2 Å². The highest BCUT2D eigenvalue weighted by Crippen LogP contribution is 1.82. The Kier molecular flexibility index (Phi) is 3.98. The lowest BCUT2D eigenvalue weighted by Gasteiger charge is -2.02. The van der Waals surface area contributed by atoms with Gasteiger partial charge in [0, 0.05) is 18.9 Å². The summed E-state index contributed by atoms with van der Waals surface area (Å²) in [5, 5.41) is 6.95. The maximum absolute atomic E-state index is 10.7. The molecule has 0 saturated heterocycles. The van der Waals surface area contributed by atoms with Crippen LogP contribution in [0.3, 0.4) is 0 Å². The number of ether oxygens (including phenoxy) is 1. The molecule has 5 heteroatoms. The number of aromatic nitrogens is 2. The van der Waals surface area contributed by atoms with Gasteiger partial charge in [-0.05, 0) is 6.07 Å². The molecule has 72 valence electrons. The van der Waals surface area contributed by atoms with Crippen LogP contribution in [0.2, 0.25) is 0 Å². The van der Waals surface area contributed by atoms with E-state index in [-0.39, 0.29) is 12.5 Å². The topological polar surface area (TPSA) is 56.1 Å². The Bertz CT molecular complexity index is 246. The van der Waals surface area contributed by atoms with E-state index >= 15 is 0 Å². The predicted octanol–water partition coefficient (Wildman–Crippen LogP) is -0.354. The monoisotopic (exact) mass is 183 g/mol. The summed E-state index contributed by atoms with van der Waals surface area (Å²) in [7, 11) is 1.37. The molecule has 0 unspecified atom stereocenters. The highest BCUT2D eigenvalue weighted by atomic mass is 16.5. The first-order valence-electron chi connectivity index (χ1n) is 4.08. The fraction of sp³-hybridized carbons (Fsp3) is 0.500. The average Bonchev–Trinajstić information content (AvgIpc) is 2.64. The van der Waals surface area contributed by atoms with Gasteiger partial charge >= 0.3 is 5.97 Å². The molecule has 0 bridgehead atoms. The number of hydrogen-bond donors (Lipinski definition) is 1. The lowest BCUT2D eigenvalue weighted by Crippen LogP contribution is -2.27. The van der Waals surface area contributed by atoms with Crippen molar-refractivity contribution in [1.82, 2.24) is 15.1 Å². The van der Waals surface area contributed by atoms with Gasteiger partial charge in [-0.2, -0.15) is 5.10 Å². The van der Waals surface area contributed by atoms with Gasteiger partial charge in [-0.25, -0.2) is 0 Å². The fourth-order valence-electron chi connectivity index (χ4n) is 0.889. The molecule has 0 radical (unpaired) electrons. The Morgan fingerprint density at radius 1 is 1.69 bits per heavy atom. The molecule has 1 rings (SSSR count). The van der Waals surface area contributed by atoms with E-state index in [1.54, 1.807) is 10.9 Å². The Labute approximate surface area is 76.7 Å². The van der Waals surface area contributed by atoms with Crippen LogP contribution in [0.25, 0.3) is 0 Å². The van der Waals surface area contributed by atoms with E-state index < -0.39 is 0 Å². The summed E-state index contributed by atoms with van der Waals surface area (Å²) < 4.78 is 6.26. The zero-order chi connectivity index (χ0) is 9.52. The van der Waals surface area contributed by atoms with Gasteiger partial charge in [0.15, 0.2) is 0 Å². The number of nitrogens with zero attached hydrogens (tertiary/aromatic N) is 2. The van der Waals surface area contributed by atoms with Crippen LogP contribution in [0.1, 0.15) is 0 Å². The Morgan fingerprint density at radius 2 is 2.54 bits per heavy atom. The minimum Gasteiger partial charge on any atom is -0.468 e. The van der Waals surface area contributed by atoms with Crippen LogP contribution in [-0.4, -0.2) is 35.9 Å². The van der Waals surface area contributed by atoms with E-state index in [2.05, 4.69) is 15.2 Å². The second-order valence-corrected chi connectivity index (χ2v) is 2.52. The van der Waals surface area contributed by atoms with Crippen LogP contribution in [0, 0.1) is 0 Å². The zero-order valence-electron chi connectivity index (χ0n) is 7.56. The molecule has 0 fully saturated rings. The molecule has 1 aromatic rings. The third-order valence-corrected chi connectivity index (χ3v) is 1.57. The van der Waals surface area contributed by atoms with Crippen molar-refractivity contribution in [2.75, 3.05) is 20.2 Å². The molecule has 1 N–H and O–H groups in total. The van der Waals surface area contributed by atoms with E-state index in [0.717, 1.165) is 6.54 Å². The Hall–Kier alpha value is -1.36. The smallest absolute Gasteiger partial charge is 0.319 e. The number of rotatable bonds is 5. The van der Waals surface area contributed by atoms with Crippen LogP contribution in [-0.2, 0) is 16.1 Å². The van der Waals surface area contributed by atoms with Crippen molar-refractivity contribution in [3.8, 4) is 0 Å². The van der Waals surface area contributed by atoms with Crippen molar-refractivity contribution in [3.63, 3.8) is 0 Å². The minimum absolute atomic E-state index is 0.248. The number of hydrogen-bond acceptors (Lipinski definition) is 4. The lowest BCUT2D eigenvalue weighted by molar-refractivity contribution is -0.139. The van der Waals surface area contributed by atoms with Crippen molar-refractivity contribution >= 4 is 5.97 Å². The summed E-state index contributed by atoms with van der Waals surface area (Å²) in [4.78, 5) is 10.7. The number of carbonyl (C=O) groups is 1. The predicted molar refractivity (Wildman–Crippen MR) is 47.1 cm³/mol. The second kappa shape index (κ2) is 5.31. The summed E-state index contributed by atoms with van der Waals surface area (Å²) >= 11 is 0. The summed E-state index contributed by atoms with van der Waals surface area (Å²) in [6, 6.07) is 1.86. The van der Waals surface area contributed by atoms with Gasteiger partial charge in [-0.1, -0.05) is 0 Å². The van der Waals surface area contributed by atoms with Gasteiger partial charge in [-0.3, -0.25) is 9.48 Å². The molecule has 0 amide bonds. The number of esters is 1. The SMILES string of the molecule is COC(=O)CNCCn1cccn1. The van der Waals surface area contributed by atoms with Gasteiger partial charge in [-0.15, -0.1) is 0 Å². The Balaban J connectivity index is 2.05. The van der Waals surface area contributed by atoms with Crippen molar-refractivity contribution in [1.29, 1.82) is 0 Å². The number of nitrogens with one attached hydrogen (secondary N) is 1. The zero-order valence-corrected chi connectivity index (χ0v) is 7.56. The van der Waals surface area contributed by atoms with Crippen LogP contribution in [0.4, 0.5) is 0 Å². The number of carbonyl (C=O) groups excluding carboxylic acids is 1. The maximum atomic E-state index is 10.7. The first-order chi connectivity index (χ1) is 6.33.